The Hall–Kier alpha value is -0.930. The van der Waals surface area contributed by atoms with Crippen LogP contribution in [-0.2, 0) is 0 Å². The van der Waals surface area contributed by atoms with Crippen LogP contribution >= 0.6 is 11.6 Å². The summed E-state index contributed by atoms with van der Waals surface area (Å²) in [6.07, 6.45) is 2.25. The van der Waals surface area contributed by atoms with E-state index in [1.165, 1.54) is 11.1 Å². The van der Waals surface area contributed by atoms with E-state index >= 15 is 0 Å². The monoisotopic (exact) mass is 311 g/mol. The third-order valence-corrected chi connectivity index (χ3v) is 4.36. The molecule has 1 aromatic rings. The minimum Gasteiger partial charge on any atom is -0.490 e. The molecule has 0 spiro atoms. The van der Waals surface area contributed by atoms with E-state index in [0.717, 1.165) is 35.9 Å². The smallest absolute Gasteiger partial charge is 0.166 e. The van der Waals surface area contributed by atoms with Crippen LogP contribution in [0.1, 0.15) is 63.6 Å². The van der Waals surface area contributed by atoms with E-state index in [2.05, 4.69) is 19.2 Å². The zero-order valence-electron chi connectivity index (χ0n) is 13.5. The molecule has 0 saturated heterocycles. The first-order chi connectivity index (χ1) is 10.1. The SMILES string of the molecule is CCNC1CCC(C)c2c(Cl)cc(OCC)c(OCC)c21. The summed E-state index contributed by atoms with van der Waals surface area (Å²) in [5.74, 6) is 2.09. The van der Waals surface area contributed by atoms with Gasteiger partial charge in [-0.3, -0.25) is 0 Å². The highest BCUT2D eigenvalue weighted by Crippen LogP contribution is 2.49. The summed E-state index contributed by atoms with van der Waals surface area (Å²) in [7, 11) is 0. The average molecular weight is 312 g/mol. The number of rotatable bonds is 6. The first-order valence-corrected chi connectivity index (χ1v) is 8.36. The van der Waals surface area contributed by atoms with Gasteiger partial charge in [-0.2, -0.15) is 0 Å². The molecule has 2 unspecified atom stereocenters. The maximum atomic E-state index is 6.55. The Morgan fingerprint density at radius 2 is 1.86 bits per heavy atom. The second-order valence-electron chi connectivity index (χ2n) is 5.47. The Balaban J connectivity index is 2.61. The normalized spacial score (nSPS) is 21.0. The summed E-state index contributed by atoms with van der Waals surface area (Å²) in [6.45, 7) is 10.5. The van der Waals surface area contributed by atoms with Crippen LogP contribution in [0.15, 0.2) is 6.07 Å². The molecule has 4 heteroatoms. The van der Waals surface area contributed by atoms with E-state index in [0.29, 0.717) is 25.2 Å². The van der Waals surface area contributed by atoms with Gasteiger partial charge in [-0.1, -0.05) is 25.4 Å². The van der Waals surface area contributed by atoms with Crippen LogP contribution in [0.2, 0.25) is 5.02 Å². The van der Waals surface area contributed by atoms with Crippen molar-refractivity contribution in [3.8, 4) is 11.5 Å². The van der Waals surface area contributed by atoms with Crippen molar-refractivity contribution >= 4 is 11.6 Å². The molecule has 0 aromatic heterocycles. The summed E-state index contributed by atoms with van der Waals surface area (Å²) in [6, 6.07) is 2.21. The number of hydrogen-bond donors (Lipinski definition) is 1. The van der Waals surface area contributed by atoms with Crippen LogP contribution < -0.4 is 14.8 Å². The van der Waals surface area contributed by atoms with E-state index in [4.69, 9.17) is 21.1 Å². The van der Waals surface area contributed by atoms with Crippen molar-refractivity contribution in [1.82, 2.24) is 5.32 Å². The summed E-state index contributed by atoms with van der Waals surface area (Å²) in [5.41, 5.74) is 2.43. The maximum absolute atomic E-state index is 6.55. The Kier molecular flexibility index (Phi) is 5.77. The topological polar surface area (TPSA) is 30.5 Å². The third-order valence-electron chi connectivity index (χ3n) is 4.04. The van der Waals surface area contributed by atoms with E-state index in [-0.39, 0.29) is 0 Å². The minimum absolute atomic E-state index is 0.292. The number of ether oxygens (including phenoxy) is 2. The highest BCUT2D eigenvalue weighted by Gasteiger charge is 2.32. The van der Waals surface area contributed by atoms with Gasteiger partial charge in [-0.05, 0) is 44.7 Å². The summed E-state index contributed by atoms with van der Waals surface area (Å²) >= 11 is 6.55. The lowest BCUT2D eigenvalue weighted by Crippen LogP contribution is -2.27. The van der Waals surface area contributed by atoms with E-state index in [1.54, 1.807) is 0 Å². The van der Waals surface area contributed by atoms with Crippen molar-refractivity contribution in [1.29, 1.82) is 0 Å². The van der Waals surface area contributed by atoms with E-state index < -0.39 is 0 Å². The second kappa shape index (κ2) is 7.37. The summed E-state index contributed by atoms with van der Waals surface area (Å²) in [4.78, 5) is 0. The molecule has 3 nitrogen and oxygen atoms in total. The Morgan fingerprint density at radius 3 is 2.48 bits per heavy atom. The number of fused-ring (bicyclic) bond motifs is 1. The van der Waals surface area contributed by atoms with Gasteiger partial charge in [0.2, 0.25) is 0 Å². The van der Waals surface area contributed by atoms with Crippen molar-refractivity contribution in [3.63, 3.8) is 0 Å². The van der Waals surface area contributed by atoms with Gasteiger partial charge in [-0.15, -0.1) is 0 Å². The Bertz CT molecular complexity index is 490. The van der Waals surface area contributed by atoms with Crippen molar-refractivity contribution in [2.75, 3.05) is 19.8 Å². The van der Waals surface area contributed by atoms with Gasteiger partial charge < -0.3 is 14.8 Å². The first kappa shape index (κ1) is 16.4. The maximum Gasteiger partial charge on any atom is 0.166 e. The molecule has 0 amide bonds. The average Bonchev–Trinajstić information content (AvgIpc) is 2.45. The van der Waals surface area contributed by atoms with Crippen molar-refractivity contribution in [2.24, 2.45) is 0 Å². The van der Waals surface area contributed by atoms with Crippen LogP contribution in [0.25, 0.3) is 0 Å². The van der Waals surface area contributed by atoms with Crippen LogP contribution in [0.4, 0.5) is 0 Å². The molecule has 1 aliphatic carbocycles. The fourth-order valence-corrected chi connectivity index (χ4v) is 3.59. The van der Waals surface area contributed by atoms with Crippen LogP contribution in [0, 0.1) is 0 Å². The fraction of sp³-hybridized carbons (Fsp3) is 0.647. The second-order valence-corrected chi connectivity index (χ2v) is 5.87. The highest BCUT2D eigenvalue weighted by atomic mass is 35.5. The number of nitrogens with one attached hydrogen (secondary N) is 1. The number of hydrogen-bond acceptors (Lipinski definition) is 3. The van der Waals surface area contributed by atoms with Gasteiger partial charge >= 0.3 is 0 Å². The van der Waals surface area contributed by atoms with E-state index in [9.17, 15) is 0 Å². The molecule has 1 aromatic carbocycles. The zero-order chi connectivity index (χ0) is 15.4. The molecule has 0 aliphatic heterocycles. The summed E-state index contributed by atoms with van der Waals surface area (Å²) < 4.78 is 11.7. The van der Waals surface area contributed by atoms with Crippen LogP contribution in [-0.4, -0.2) is 19.8 Å². The highest BCUT2D eigenvalue weighted by molar-refractivity contribution is 6.31. The number of halogens is 1. The summed E-state index contributed by atoms with van der Waals surface area (Å²) in [5, 5.41) is 4.36. The van der Waals surface area contributed by atoms with Gasteiger partial charge in [0.1, 0.15) is 0 Å². The molecule has 1 N–H and O–H groups in total. The van der Waals surface area contributed by atoms with Gasteiger partial charge in [0.05, 0.1) is 13.2 Å². The predicted octanol–water partition coefficient (Wildman–Crippen LogP) is 4.69. The van der Waals surface area contributed by atoms with Gasteiger partial charge in [-0.25, -0.2) is 0 Å². The van der Waals surface area contributed by atoms with Gasteiger partial charge in [0.25, 0.3) is 0 Å². The molecule has 118 valence electrons. The number of benzene rings is 1. The molecule has 1 aliphatic rings. The lowest BCUT2D eigenvalue weighted by Gasteiger charge is -2.33. The molecule has 21 heavy (non-hydrogen) atoms. The molecule has 2 rings (SSSR count). The molecule has 0 bridgehead atoms. The molecular formula is C17H26ClNO2. The largest absolute Gasteiger partial charge is 0.490 e. The van der Waals surface area contributed by atoms with Gasteiger partial charge in [0.15, 0.2) is 11.5 Å². The fourth-order valence-electron chi connectivity index (χ4n) is 3.20. The first-order valence-electron chi connectivity index (χ1n) is 7.99. The molecular weight excluding hydrogens is 286 g/mol. The van der Waals surface area contributed by atoms with Crippen molar-refractivity contribution < 1.29 is 9.47 Å². The Morgan fingerprint density at radius 1 is 1.14 bits per heavy atom. The standard InChI is InChI=1S/C17H26ClNO2/c1-5-19-13-9-8-11(4)15-12(18)10-14(20-6-2)17(16(13)15)21-7-3/h10-11,13,19H,5-9H2,1-4H3. The predicted molar refractivity (Wildman–Crippen MR) is 87.9 cm³/mol. The lowest BCUT2D eigenvalue weighted by atomic mass is 9.80. The molecule has 0 fully saturated rings. The lowest BCUT2D eigenvalue weighted by molar-refractivity contribution is 0.278. The van der Waals surface area contributed by atoms with Crippen molar-refractivity contribution in [2.45, 2.75) is 52.5 Å². The van der Waals surface area contributed by atoms with E-state index in [1.807, 2.05) is 19.9 Å². The molecule has 0 heterocycles. The van der Waals surface area contributed by atoms with Crippen LogP contribution in [0.3, 0.4) is 0 Å². The minimum atomic E-state index is 0.292. The zero-order valence-corrected chi connectivity index (χ0v) is 14.2. The third kappa shape index (κ3) is 3.29. The van der Waals surface area contributed by atoms with Crippen LogP contribution in [0.5, 0.6) is 11.5 Å². The van der Waals surface area contributed by atoms with Gasteiger partial charge in [0, 0.05) is 22.7 Å². The molecule has 2 atom stereocenters. The van der Waals surface area contributed by atoms with Crippen molar-refractivity contribution in [3.05, 3.63) is 22.2 Å². The molecule has 0 radical (unpaired) electrons. The molecule has 0 saturated carbocycles. The Labute approximate surface area is 133 Å². The quantitative estimate of drug-likeness (QED) is 0.827.